The van der Waals surface area contributed by atoms with Crippen molar-refractivity contribution in [1.29, 1.82) is 0 Å². The highest BCUT2D eigenvalue weighted by Gasteiger charge is 2.16. The van der Waals surface area contributed by atoms with Crippen molar-refractivity contribution in [3.05, 3.63) is 53.6 Å². The molecule has 0 aromatic heterocycles. The molecule has 0 spiro atoms. The van der Waals surface area contributed by atoms with E-state index < -0.39 is 17.6 Å². The lowest BCUT2D eigenvalue weighted by atomic mass is 10.0. The first-order chi connectivity index (χ1) is 10.4. The van der Waals surface area contributed by atoms with Crippen molar-refractivity contribution in [3.8, 4) is 16.9 Å². The Balaban J connectivity index is 2.54. The summed E-state index contributed by atoms with van der Waals surface area (Å²) < 4.78 is 31.8. The van der Waals surface area contributed by atoms with E-state index in [0.29, 0.717) is 5.56 Å². The first kappa shape index (κ1) is 16.2. The van der Waals surface area contributed by atoms with Crippen LogP contribution in [0.3, 0.4) is 0 Å². The van der Waals surface area contributed by atoms with Crippen molar-refractivity contribution in [2.45, 2.75) is 6.92 Å². The van der Waals surface area contributed by atoms with E-state index in [4.69, 9.17) is 4.74 Å². The third kappa shape index (κ3) is 3.51. The van der Waals surface area contributed by atoms with Gasteiger partial charge in [-0.3, -0.25) is 9.59 Å². The molecule has 0 saturated heterocycles. The number of halogens is 2. The van der Waals surface area contributed by atoms with Gasteiger partial charge in [-0.05, 0) is 36.1 Å². The van der Waals surface area contributed by atoms with Crippen LogP contribution in [-0.2, 0) is 4.79 Å². The third-order valence-electron chi connectivity index (χ3n) is 2.88. The highest BCUT2D eigenvalue weighted by atomic mass is 32.2. The molecule has 114 valence electrons. The fraction of sp³-hybridized carbons (Fsp3) is 0.125. The molecule has 2 rings (SSSR count). The summed E-state index contributed by atoms with van der Waals surface area (Å²) in [6.45, 7) is 1.22. The lowest BCUT2D eigenvalue weighted by molar-refractivity contribution is -0.131. The van der Waals surface area contributed by atoms with Gasteiger partial charge in [0.25, 0.3) is 0 Å². The largest absolute Gasteiger partial charge is 0.426 e. The Morgan fingerprint density at radius 2 is 1.82 bits per heavy atom. The van der Waals surface area contributed by atoms with Crippen LogP contribution in [0, 0.1) is 11.6 Å². The van der Waals surface area contributed by atoms with Crippen molar-refractivity contribution in [2.75, 3.05) is 6.26 Å². The van der Waals surface area contributed by atoms with Crippen LogP contribution >= 0.6 is 11.8 Å². The molecule has 0 N–H and O–H groups in total. The zero-order valence-electron chi connectivity index (χ0n) is 11.9. The van der Waals surface area contributed by atoms with Gasteiger partial charge in [0.15, 0.2) is 0 Å². The smallest absolute Gasteiger partial charge is 0.308 e. The molecule has 0 saturated carbocycles. The van der Waals surface area contributed by atoms with Crippen LogP contribution in [0.2, 0.25) is 0 Å². The van der Waals surface area contributed by atoms with Gasteiger partial charge in [0.1, 0.15) is 17.4 Å². The number of hydrogen-bond donors (Lipinski definition) is 0. The molecule has 22 heavy (non-hydrogen) atoms. The predicted octanol–water partition coefficient (Wildman–Crippen LogP) is 4.06. The van der Waals surface area contributed by atoms with E-state index in [0.717, 1.165) is 23.9 Å². The second-order valence-corrected chi connectivity index (χ2v) is 5.20. The van der Waals surface area contributed by atoms with Crippen LogP contribution in [0.25, 0.3) is 11.1 Å². The molecule has 0 radical (unpaired) electrons. The quantitative estimate of drug-likeness (QED) is 0.631. The maximum atomic E-state index is 13.8. The Morgan fingerprint density at radius 1 is 1.09 bits per heavy atom. The van der Waals surface area contributed by atoms with Gasteiger partial charge in [-0.15, -0.1) is 0 Å². The molecule has 0 fully saturated rings. The van der Waals surface area contributed by atoms with Crippen LogP contribution in [0.1, 0.15) is 17.3 Å². The topological polar surface area (TPSA) is 43.4 Å². The molecule has 6 heteroatoms. The summed E-state index contributed by atoms with van der Waals surface area (Å²) in [7, 11) is 0. The summed E-state index contributed by atoms with van der Waals surface area (Å²) in [6, 6.07) is 7.54. The molecule has 0 aliphatic carbocycles. The number of hydrogen-bond acceptors (Lipinski definition) is 4. The molecule has 0 aliphatic rings. The Labute approximate surface area is 130 Å². The molecule has 0 heterocycles. The SMILES string of the molecule is CSC(=O)c1cc(-c2ccc(F)cc2F)ccc1OC(C)=O. The minimum Gasteiger partial charge on any atom is -0.426 e. The number of ether oxygens (including phenoxy) is 1. The van der Waals surface area contributed by atoms with Gasteiger partial charge in [0.05, 0.1) is 5.56 Å². The molecule has 2 aromatic carbocycles. The van der Waals surface area contributed by atoms with Crippen LogP contribution in [0.5, 0.6) is 5.75 Å². The minimum absolute atomic E-state index is 0.109. The highest BCUT2D eigenvalue weighted by Crippen LogP contribution is 2.30. The van der Waals surface area contributed by atoms with Gasteiger partial charge in [-0.1, -0.05) is 17.8 Å². The monoisotopic (exact) mass is 322 g/mol. The number of esters is 1. The summed E-state index contributed by atoms with van der Waals surface area (Å²) in [6.07, 6.45) is 1.59. The molecule has 0 bridgehead atoms. The Hall–Kier alpha value is -2.21. The summed E-state index contributed by atoms with van der Waals surface area (Å²) >= 11 is 0.946. The molecule has 0 amide bonds. The van der Waals surface area contributed by atoms with Gasteiger partial charge in [-0.25, -0.2) is 8.78 Å². The zero-order valence-corrected chi connectivity index (χ0v) is 12.7. The van der Waals surface area contributed by atoms with E-state index in [9.17, 15) is 18.4 Å². The third-order valence-corrected chi connectivity index (χ3v) is 3.47. The summed E-state index contributed by atoms with van der Waals surface area (Å²) in [5.41, 5.74) is 0.709. The van der Waals surface area contributed by atoms with Crippen molar-refractivity contribution >= 4 is 22.8 Å². The number of carbonyl (C=O) groups excluding carboxylic acids is 2. The molecule has 0 aliphatic heterocycles. The molecule has 0 atom stereocenters. The molecular weight excluding hydrogens is 310 g/mol. The number of thioether (sulfide) groups is 1. The van der Waals surface area contributed by atoms with Crippen LogP contribution in [0.4, 0.5) is 8.78 Å². The van der Waals surface area contributed by atoms with Gasteiger partial charge in [-0.2, -0.15) is 0 Å². The molecule has 3 nitrogen and oxygen atoms in total. The fourth-order valence-corrected chi connectivity index (χ4v) is 2.31. The Morgan fingerprint density at radius 3 is 2.41 bits per heavy atom. The molecule has 2 aromatic rings. The normalized spacial score (nSPS) is 10.4. The number of rotatable bonds is 3. The first-order valence-electron chi connectivity index (χ1n) is 6.28. The van der Waals surface area contributed by atoms with Crippen molar-refractivity contribution < 1.29 is 23.1 Å². The average Bonchev–Trinajstić information content (AvgIpc) is 2.46. The summed E-state index contributed by atoms with van der Waals surface area (Å²) in [5.74, 6) is -1.87. The predicted molar refractivity (Wildman–Crippen MR) is 80.9 cm³/mol. The van der Waals surface area contributed by atoms with Crippen molar-refractivity contribution in [1.82, 2.24) is 0 Å². The maximum absolute atomic E-state index is 13.8. The van der Waals surface area contributed by atoms with Crippen LogP contribution in [0.15, 0.2) is 36.4 Å². The second kappa shape index (κ2) is 6.70. The summed E-state index contributed by atoms with van der Waals surface area (Å²) in [5, 5.41) is -0.319. The van der Waals surface area contributed by atoms with Crippen molar-refractivity contribution in [3.63, 3.8) is 0 Å². The van der Waals surface area contributed by atoms with Gasteiger partial charge in [0.2, 0.25) is 5.12 Å². The maximum Gasteiger partial charge on any atom is 0.308 e. The van der Waals surface area contributed by atoms with E-state index in [1.165, 1.54) is 31.2 Å². The van der Waals surface area contributed by atoms with E-state index in [1.807, 2.05) is 0 Å². The van der Waals surface area contributed by atoms with Gasteiger partial charge >= 0.3 is 5.97 Å². The lowest BCUT2D eigenvalue weighted by Gasteiger charge is -2.10. The average molecular weight is 322 g/mol. The van der Waals surface area contributed by atoms with E-state index in [2.05, 4.69) is 0 Å². The van der Waals surface area contributed by atoms with Gasteiger partial charge < -0.3 is 4.74 Å². The van der Waals surface area contributed by atoms with E-state index >= 15 is 0 Å². The van der Waals surface area contributed by atoms with Crippen molar-refractivity contribution in [2.24, 2.45) is 0 Å². The fourth-order valence-electron chi connectivity index (χ4n) is 1.93. The van der Waals surface area contributed by atoms with Gasteiger partial charge in [0, 0.05) is 18.6 Å². The lowest BCUT2D eigenvalue weighted by Crippen LogP contribution is -2.06. The minimum atomic E-state index is -0.734. The second-order valence-electron chi connectivity index (χ2n) is 4.42. The van der Waals surface area contributed by atoms with Crippen LogP contribution < -0.4 is 4.74 Å². The number of benzene rings is 2. The summed E-state index contributed by atoms with van der Waals surface area (Å²) in [4.78, 5) is 23.0. The van der Waals surface area contributed by atoms with Crippen LogP contribution in [-0.4, -0.2) is 17.3 Å². The molecular formula is C16H12F2O3S. The number of carbonyl (C=O) groups is 2. The Kier molecular flexibility index (Phi) is 4.92. The van der Waals surface area contributed by atoms with E-state index in [-0.39, 0.29) is 22.0 Å². The Bertz CT molecular complexity index is 744. The standard InChI is InChI=1S/C16H12F2O3S/c1-9(19)21-15-6-3-10(7-13(15)16(20)22-2)12-5-4-11(17)8-14(12)18/h3-8H,1-2H3. The van der Waals surface area contributed by atoms with E-state index in [1.54, 1.807) is 6.26 Å². The first-order valence-corrected chi connectivity index (χ1v) is 7.51. The highest BCUT2D eigenvalue weighted by molar-refractivity contribution is 8.13. The molecule has 0 unspecified atom stereocenters. The zero-order chi connectivity index (χ0) is 16.3.